The Hall–Kier alpha value is -1.74. The molecule has 0 aliphatic heterocycles. The van der Waals surface area contributed by atoms with Gasteiger partial charge in [-0.1, -0.05) is 24.6 Å². The zero-order valence-corrected chi connectivity index (χ0v) is 15.9. The molecule has 1 amide bonds. The summed E-state index contributed by atoms with van der Waals surface area (Å²) in [6, 6.07) is 4.06. The van der Waals surface area contributed by atoms with Gasteiger partial charge in [-0.15, -0.1) is 16.4 Å². The molecule has 0 saturated heterocycles. The van der Waals surface area contributed by atoms with Crippen molar-refractivity contribution in [2.75, 3.05) is 0 Å². The number of aromatic nitrogens is 4. The van der Waals surface area contributed by atoms with E-state index in [0.717, 1.165) is 17.7 Å². The van der Waals surface area contributed by atoms with Gasteiger partial charge >= 0.3 is 0 Å². The number of amides is 1. The van der Waals surface area contributed by atoms with Gasteiger partial charge in [0.15, 0.2) is 5.78 Å². The molecule has 7 nitrogen and oxygen atoms in total. The van der Waals surface area contributed by atoms with E-state index in [-0.39, 0.29) is 16.9 Å². The maximum absolute atomic E-state index is 12.7. The molecule has 0 radical (unpaired) electrons. The number of hydrogen-bond donors (Lipinski definition) is 1. The standard InChI is InChI=1S/C16H21N5O2S2/c1-10(15(23)14-8-7-13(25-14)9-17-11(2)22)24-16-18-19-20-21(16)12-5-3-4-6-12/h7-8,10,12H,3-6,9H2,1-2H3,(H,17,22)/t10-/m1/s1. The largest absolute Gasteiger partial charge is 0.351 e. The van der Waals surface area contributed by atoms with Crippen LogP contribution in [0, 0.1) is 0 Å². The summed E-state index contributed by atoms with van der Waals surface area (Å²) in [6.45, 7) is 3.82. The zero-order chi connectivity index (χ0) is 17.8. The van der Waals surface area contributed by atoms with Crippen molar-refractivity contribution in [2.24, 2.45) is 0 Å². The van der Waals surface area contributed by atoms with Crippen molar-refractivity contribution < 1.29 is 9.59 Å². The molecule has 1 aliphatic rings. The third kappa shape index (κ3) is 4.46. The minimum Gasteiger partial charge on any atom is -0.351 e. The predicted octanol–water partition coefficient (Wildman–Crippen LogP) is 2.85. The van der Waals surface area contributed by atoms with Gasteiger partial charge in [-0.3, -0.25) is 9.59 Å². The molecule has 9 heteroatoms. The van der Waals surface area contributed by atoms with Gasteiger partial charge in [-0.05, 0) is 42.3 Å². The molecule has 3 rings (SSSR count). The highest BCUT2D eigenvalue weighted by Gasteiger charge is 2.25. The lowest BCUT2D eigenvalue weighted by Crippen LogP contribution is -2.18. The Balaban J connectivity index is 1.63. The van der Waals surface area contributed by atoms with Crippen LogP contribution >= 0.6 is 23.1 Å². The molecule has 2 heterocycles. The van der Waals surface area contributed by atoms with Gasteiger partial charge in [-0.25, -0.2) is 4.68 Å². The third-order valence-electron chi connectivity index (χ3n) is 4.20. The van der Waals surface area contributed by atoms with Crippen LogP contribution in [0.3, 0.4) is 0 Å². The molecule has 1 aliphatic carbocycles. The van der Waals surface area contributed by atoms with Gasteiger partial charge in [0.2, 0.25) is 11.1 Å². The molecule has 0 spiro atoms. The van der Waals surface area contributed by atoms with Gasteiger partial charge in [0.05, 0.1) is 22.7 Å². The van der Waals surface area contributed by atoms with E-state index in [2.05, 4.69) is 20.8 Å². The summed E-state index contributed by atoms with van der Waals surface area (Å²) in [5.41, 5.74) is 0. The van der Waals surface area contributed by atoms with E-state index in [4.69, 9.17) is 0 Å². The number of hydrogen-bond acceptors (Lipinski definition) is 7. The van der Waals surface area contributed by atoms with Crippen LogP contribution in [-0.2, 0) is 11.3 Å². The average Bonchev–Trinajstić information content (AvgIpc) is 3.32. The highest BCUT2D eigenvalue weighted by molar-refractivity contribution is 8.00. The Morgan fingerprint density at radius 2 is 2.16 bits per heavy atom. The van der Waals surface area contributed by atoms with Crippen molar-refractivity contribution >= 4 is 34.8 Å². The monoisotopic (exact) mass is 379 g/mol. The second-order valence-electron chi connectivity index (χ2n) is 6.14. The van der Waals surface area contributed by atoms with E-state index in [1.165, 1.54) is 42.9 Å². The summed E-state index contributed by atoms with van der Waals surface area (Å²) < 4.78 is 1.87. The molecular formula is C16H21N5O2S2. The van der Waals surface area contributed by atoms with E-state index in [9.17, 15) is 9.59 Å². The number of nitrogens with one attached hydrogen (secondary N) is 1. The van der Waals surface area contributed by atoms with Gasteiger partial charge in [-0.2, -0.15) is 0 Å². The van der Waals surface area contributed by atoms with Crippen molar-refractivity contribution in [3.63, 3.8) is 0 Å². The number of thioether (sulfide) groups is 1. The Morgan fingerprint density at radius 3 is 2.88 bits per heavy atom. The van der Waals surface area contributed by atoms with Crippen molar-refractivity contribution in [1.82, 2.24) is 25.5 Å². The van der Waals surface area contributed by atoms with E-state index < -0.39 is 0 Å². The summed E-state index contributed by atoms with van der Waals surface area (Å²) >= 11 is 2.83. The topological polar surface area (TPSA) is 89.8 Å². The van der Waals surface area contributed by atoms with Crippen LogP contribution in [0.2, 0.25) is 0 Å². The fourth-order valence-electron chi connectivity index (χ4n) is 2.87. The van der Waals surface area contributed by atoms with Gasteiger partial charge in [0.25, 0.3) is 0 Å². The van der Waals surface area contributed by atoms with Crippen molar-refractivity contribution in [3.05, 3.63) is 21.9 Å². The maximum Gasteiger partial charge on any atom is 0.217 e. The van der Waals surface area contributed by atoms with Gasteiger partial charge in [0, 0.05) is 11.8 Å². The minimum atomic E-state index is -0.265. The lowest BCUT2D eigenvalue weighted by molar-refractivity contribution is -0.119. The SMILES string of the molecule is CC(=O)NCc1ccc(C(=O)[C@@H](C)Sc2nnnn2C2CCCC2)s1. The third-order valence-corrected chi connectivity index (χ3v) is 6.35. The summed E-state index contributed by atoms with van der Waals surface area (Å²) in [5.74, 6) is -0.0194. The first-order valence-corrected chi connectivity index (χ1v) is 10.1. The molecule has 1 saturated carbocycles. The number of carbonyl (C=O) groups is 2. The molecule has 0 aromatic carbocycles. The van der Waals surface area contributed by atoms with Crippen LogP contribution in [0.5, 0.6) is 0 Å². The van der Waals surface area contributed by atoms with Crippen LogP contribution in [-0.4, -0.2) is 37.1 Å². The molecule has 1 N–H and O–H groups in total. The fraction of sp³-hybridized carbons (Fsp3) is 0.562. The Kier molecular flexibility index (Phi) is 5.85. The second kappa shape index (κ2) is 8.09. The molecule has 1 fully saturated rings. The number of carbonyl (C=O) groups excluding carboxylic acids is 2. The number of Topliss-reactive ketones (excluding diaryl/α,β-unsaturated/α-hetero) is 1. The predicted molar refractivity (Wildman–Crippen MR) is 96.8 cm³/mol. The first-order chi connectivity index (χ1) is 12.0. The molecule has 134 valence electrons. The van der Waals surface area contributed by atoms with E-state index in [1.54, 1.807) is 0 Å². The Morgan fingerprint density at radius 1 is 1.40 bits per heavy atom. The van der Waals surface area contributed by atoms with E-state index in [1.807, 2.05) is 23.7 Å². The van der Waals surface area contributed by atoms with Gasteiger partial charge < -0.3 is 5.32 Å². The molecule has 2 aromatic rings. The number of nitrogens with zero attached hydrogens (tertiary/aromatic N) is 4. The Bertz CT molecular complexity index is 751. The molecular weight excluding hydrogens is 358 g/mol. The van der Waals surface area contributed by atoms with Gasteiger partial charge in [0.1, 0.15) is 0 Å². The lowest BCUT2D eigenvalue weighted by Gasteiger charge is -2.13. The number of rotatable bonds is 7. The normalized spacial score (nSPS) is 16.1. The number of tetrazole rings is 1. The minimum absolute atomic E-state index is 0.0602. The highest BCUT2D eigenvalue weighted by Crippen LogP contribution is 2.33. The first kappa shape index (κ1) is 18.1. The second-order valence-corrected chi connectivity index (χ2v) is 8.62. The first-order valence-electron chi connectivity index (χ1n) is 8.36. The summed E-state index contributed by atoms with van der Waals surface area (Å²) in [5, 5.41) is 15.2. The molecule has 0 unspecified atom stereocenters. The lowest BCUT2D eigenvalue weighted by atomic mass is 10.2. The zero-order valence-electron chi connectivity index (χ0n) is 14.3. The van der Waals surface area contributed by atoms with Crippen molar-refractivity contribution in [3.8, 4) is 0 Å². The van der Waals surface area contributed by atoms with Crippen LogP contribution in [0.1, 0.15) is 60.1 Å². The fourth-order valence-corrected chi connectivity index (χ4v) is 4.85. The van der Waals surface area contributed by atoms with E-state index in [0.29, 0.717) is 22.6 Å². The number of ketones is 1. The van der Waals surface area contributed by atoms with Crippen LogP contribution in [0.15, 0.2) is 17.3 Å². The van der Waals surface area contributed by atoms with Crippen LogP contribution in [0.25, 0.3) is 0 Å². The quantitative estimate of drug-likeness (QED) is 0.588. The van der Waals surface area contributed by atoms with Crippen LogP contribution < -0.4 is 5.32 Å². The smallest absolute Gasteiger partial charge is 0.217 e. The summed E-state index contributed by atoms with van der Waals surface area (Å²) in [4.78, 5) is 25.3. The molecule has 2 aromatic heterocycles. The Labute approximate surface area is 154 Å². The maximum atomic E-state index is 12.7. The molecule has 1 atom stereocenters. The number of thiophene rings is 1. The van der Waals surface area contributed by atoms with Crippen LogP contribution in [0.4, 0.5) is 0 Å². The van der Waals surface area contributed by atoms with E-state index >= 15 is 0 Å². The molecule has 0 bridgehead atoms. The summed E-state index contributed by atoms with van der Waals surface area (Å²) in [6.07, 6.45) is 4.60. The molecule has 25 heavy (non-hydrogen) atoms. The highest BCUT2D eigenvalue weighted by atomic mass is 32.2. The summed E-state index contributed by atoms with van der Waals surface area (Å²) in [7, 11) is 0. The van der Waals surface area contributed by atoms with Crippen molar-refractivity contribution in [1.29, 1.82) is 0 Å². The average molecular weight is 380 g/mol. The van der Waals surface area contributed by atoms with Crippen molar-refractivity contribution in [2.45, 2.75) is 62.5 Å².